The molecule has 0 aliphatic carbocycles. The fraction of sp³-hybridized carbons (Fsp3) is 0.379. The zero-order chi connectivity index (χ0) is 23.6. The van der Waals surface area contributed by atoms with E-state index in [9.17, 15) is 0 Å². The highest BCUT2D eigenvalue weighted by molar-refractivity contribution is 5.15. The molecule has 5 heteroatoms. The van der Waals surface area contributed by atoms with Gasteiger partial charge in [0.2, 0.25) is 0 Å². The largest absolute Gasteiger partial charge is 0.374 e. The Morgan fingerprint density at radius 1 is 0.647 bits per heavy atom. The standard InChI is InChI=1S/C29H34O5/c1-22-27(32-19-24-14-8-4-9-15-24)28(33-20-25-16-10-5-11-17-25)26(34-29(22)30-2)21-31-18-23-12-6-3-7-13-23/h3-17,22,26-29H,18-21H2,1-2H3/t22-,26+,27+,28-,29-/m0/s1. The average Bonchev–Trinajstić information content (AvgIpc) is 2.89. The molecule has 1 saturated heterocycles. The van der Waals surface area contributed by atoms with Crippen LogP contribution in [0.15, 0.2) is 91.0 Å². The van der Waals surface area contributed by atoms with Crippen molar-refractivity contribution in [3.8, 4) is 0 Å². The molecule has 0 amide bonds. The number of rotatable bonds is 11. The van der Waals surface area contributed by atoms with Crippen molar-refractivity contribution in [2.24, 2.45) is 5.92 Å². The van der Waals surface area contributed by atoms with Gasteiger partial charge in [0.15, 0.2) is 6.29 Å². The molecule has 1 aliphatic heterocycles. The Hall–Kier alpha value is -2.54. The van der Waals surface area contributed by atoms with Crippen LogP contribution in [-0.2, 0) is 43.5 Å². The normalized spacial score (nSPS) is 24.7. The van der Waals surface area contributed by atoms with Crippen LogP contribution in [0.4, 0.5) is 0 Å². The number of benzene rings is 3. The van der Waals surface area contributed by atoms with Gasteiger partial charge in [0.25, 0.3) is 0 Å². The zero-order valence-electron chi connectivity index (χ0n) is 19.9. The molecular formula is C29H34O5. The summed E-state index contributed by atoms with van der Waals surface area (Å²) in [6.45, 7) is 3.94. The van der Waals surface area contributed by atoms with E-state index in [1.165, 1.54) is 0 Å². The molecule has 34 heavy (non-hydrogen) atoms. The maximum Gasteiger partial charge on any atom is 0.162 e. The Morgan fingerprint density at radius 2 is 1.12 bits per heavy atom. The predicted molar refractivity (Wildman–Crippen MR) is 131 cm³/mol. The molecule has 0 spiro atoms. The van der Waals surface area contributed by atoms with Gasteiger partial charge in [0.05, 0.1) is 32.5 Å². The highest BCUT2D eigenvalue weighted by Gasteiger charge is 2.45. The first-order valence-electron chi connectivity index (χ1n) is 11.9. The van der Waals surface area contributed by atoms with Gasteiger partial charge in [0, 0.05) is 13.0 Å². The van der Waals surface area contributed by atoms with E-state index in [1.54, 1.807) is 7.11 Å². The fourth-order valence-corrected chi connectivity index (χ4v) is 4.29. The van der Waals surface area contributed by atoms with Gasteiger partial charge >= 0.3 is 0 Å². The fourth-order valence-electron chi connectivity index (χ4n) is 4.29. The molecule has 4 rings (SSSR count). The van der Waals surface area contributed by atoms with Gasteiger partial charge < -0.3 is 23.7 Å². The molecule has 0 saturated carbocycles. The van der Waals surface area contributed by atoms with Crippen molar-refractivity contribution in [2.45, 2.75) is 51.3 Å². The molecule has 0 aromatic heterocycles. The molecule has 5 nitrogen and oxygen atoms in total. The van der Waals surface area contributed by atoms with E-state index in [1.807, 2.05) is 54.6 Å². The van der Waals surface area contributed by atoms with Crippen molar-refractivity contribution in [2.75, 3.05) is 13.7 Å². The number of ether oxygens (including phenoxy) is 5. The monoisotopic (exact) mass is 462 g/mol. The smallest absolute Gasteiger partial charge is 0.162 e. The lowest BCUT2D eigenvalue weighted by Crippen LogP contribution is -2.57. The zero-order valence-corrected chi connectivity index (χ0v) is 19.9. The topological polar surface area (TPSA) is 46.2 Å². The van der Waals surface area contributed by atoms with Crippen molar-refractivity contribution in [3.05, 3.63) is 108 Å². The van der Waals surface area contributed by atoms with Crippen LogP contribution in [0.3, 0.4) is 0 Å². The Kier molecular flexibility index (Phi) is 9.25. The molecule has 3 aromatic rings. The summed E-state index contributed by atoms with van der Waals surface area (Å²) < 4.78 is 31.0. The molecule has 0 N–H and O–H groups in total. The summed E-state index contributed by atoms with van der Waals surface area (Å²) in [7, 11) is 1.67. The van der Waals surface area contributed by atoms with Crippen molar-refractivity contribution in [1.29, 1.82) is 0 Å². The highest BCUT2D eigenvalue weighted by atomic mass is 16.7. The van der Waals surface area contributed by atoms with Gasteiger partial charge in [-0.05, 0) is 16.7 Å². The number of hydrogen-bond donors (Lipinski definition) is 0. The van der Waals surface area contributed by atoms with Gasteiger partial charge in [-0.1, -0.05) is 97.9 Å². The molecule has 180 valence electrons. The van der Waals surface area contributed by atoms with Crippen molar-refractivity contribution in [1.82, 2.24) is 0 Å². The predicted octanol–water partition coefficient (Wildman–Crippen LogP) is 5.38. The van der Waals surface area contributed by atoms with E-state index in [0.29, 0.717) is 26.4 Å². The minimum Gasteiger partial charge on any atom is -0.374 e. The lowest BCUT2D eigenvalue weighted by molar-refractivity contribution is -0.296. The van der Waals surface area contributed by atoms with Crippen molar-refractivity contribution in [3.63, 3.8) is 0 Å². The van der Waals surface area contributed by atoms with Crippen LogP contribution >= 0.6 is 0 Å². The van der Waals surface area contributed by atoms with Crippen molar-refractivity contribution < 1.29 is 23.7 Å². The van der Waals surface area contributed by atoms with E-state index in [0.717, 1.165) is 16.7 Å². The van der Waals surface area contributed by atoms with Gasteiger partial charge in [-0.3, -0.25) is 0 Å². The molecule has 5 atom stereocenters. The lowest BCUT2D eigenvalue weighted by atomic mass is 9.91. The van der Waals surface area contributed by atoms with Crippen LogP contribution < -0.4 is 0 Å². The van der Waals surface area contributed by atoms with Crippen LogP contribution in [0, 0.1) is 5.92 Å². The Morgan fingerprint density at radius 3 is 1.62 bits per heavy atom. The van der Waals surface area contributed by atoms with Gasteiger partial charge in [-0.2, -0.15) is 0 Å². The van der Waals surface area contributed by atoms with Gasteiger partial charge in [0.1, 0.15) is 12.2 Å². The molecule has 1 aliphatic rings. The lowest BCUT2D eigenvalue weighted by Gasteiger charge is -2.44. The third-order valence-corrected chi connectivity index (χ3v) is 6.14. The summed E-state index contributed by atoms with van der Waals surface area (Å²) in [6, 6.07) is 30.5. The third-order valence-electron chi connectivity index (χ3n) is 6.14. The second-order valence-corrected chi connectivity index (χ2v) is 8.66. The molecule has 3 aromatic carbocycles. The first kappa shape index (κ1) is 24.6. The Balaban J connectivity index is 1.48. The van der Waals surface area contributed by atoms with E-state index < -0.39 is 6.29 Å². The summed E-state index contributed by atoms with van der Waals surface area (Å²) in [5.41, 5.74) is 3.34. The summed E-state index contributed by atoms with van der Waals surface area (Å²) in [5, 5.41) is 0. The summed E-state index contributed by atoms with van der Waals surface area (Å²) >= 11 is 0. The second-order valence-electron chi connectivity index (χ2n) is 8.66. The highest BCUT2D eigenvalue weighted by Crippen LogP contribution is 2.32. The molecule has 1 heterocycles. The minimum absolute atomic E-state index is 0.0140. The molecular weight excluding hydrogens is 428 g/mol. The SMILES string of the molecule is CO[C@H]1O[C@H](COCc2ccccc2)[C@H](OCc2ccccc2)[C@H](OCc2ccccc2)[C@@H]1C. The van der Waals surface area contributed by atoms with Crippen LogP contribution in [0.2, 0.25) is 0 Å². The third kappa shape index (κ3) is 6.75. The average molecular weight is 463 g/mol. The summed E-state index contributed by atoms with van der Waals surface area (Å²) in [5.74, 6) is -0.0140. The molecule has 0 bridgehead atoms. The van der Waals surface area contributed by atoms with Crippen LogP contribution in [0.25, 0.3) is 0 Å². The maximum absolute atomic E-state index is 6.47. The van der Waals surface area contributed by atoms with E-state index in [-0.39, 0.29) is 24.2 Å². The van der Waals surface area contributed by atoms with Crippen LogP contribution in [0.1, 0.15) is 23.6 Å². The van der Waals surface area contributed by atoms with E-state index >= 15 is 0 Å². The first-order chi connectivity index (χ1) is 16.7. The first-order valence-corrected chi connectivity index (χ1v) is 11.9. The Bertz CT molecular complexity index is 950. The Labute approximate surface area is 202 Å². The quantitative estimate of drug-likeness (QED) is 0.383. The number of methoxy groups -OCH3 is 1. The minimum atomic E-state index is -0.400. The van der Waals surface area contributed by atoms with E-state index in [4.69, 9.17) is 23.7 Å². The second kappa shape index (κ2) is 12.8. The van der Waals surface area contributed by atoms with Gasteiger partial charge in [-0.25, -0.2) is 0 Å². The maximum atomic E-state index is 6.47. The summed E-state index contributed by atoms with van der Waals surface area (Å²) in [6.07, 6.45) is -1.24. The van der Waals surface area contributed by atoms with E-state index in [2.05, 4.69) is 43.3 Å². The number of hydrogen-bond acceptors (Lipinski definition) is 5. The molecule has 1 fully saturated rings. The molecule has 0 radical (unpaired) electrons. The van der Waals surface area contributed by atoms with Gasteiger partial charge in [-0.15, -0.1) is 0 Å². The van der Waals surface area contributed by atoms with Crippen LogP contribution in [-0.4, -0.2) is 38.3 Å². The van der Waals surface area contributed by atoms with Crippen LogP contribution in [0.5, 0.6) is 0 Å². The molecule has 0 unspecified atom stereocenters. The van der Waals surface area contributed by atoms with Crippen molar-refractivity contribution >= 4 is 0 Å². The summed E-state index contributed by atoms with van der Waals surface area (Å²) in [4.78, 5) is 0.